The van der Waals surface area contributed by atoms with Crippen LogP contribution in [0.15, 0.2) is 24.3 Å². The highest BCUT2D eigenvalue weighted by molar-refractivity contribution is 6.31. The van der Waals surface area contributed by atoms with E-state index in [0.29, 0.717) is 0 Å². The molecule has 0 aliphatic carbocycles. The lowest BCUT2D eigenvalue weighted by molar-refractivity contribution is 0.171. The number of nitrogens with zero attached hydrogens (tertiary/aromatic N) is 1. The number of rotatable bonds is 7. The third-order valence-electron chi connectivity index (χ3n) is 2.62. The van der Waals surface area contributed by atoms with Crippen molar-refractivity contribution in [1.82, 2.24) is 4.90 Å². The fraction of sp³-hybridized carbons (Fsp3) is 0.538. The van der Waals surface area contributed by atoms with Crippen molar-refractivity contribution in [3.8, 4) is 0 Å². The Morgan fingerprint density at radius 1 is 1.31 bits per heavy atom. The Balaban J connectivity index is 2.46. The lowest BCUT2D eigenvalue weighted by Crippen LogP contribution is -2.25. The van der Waals surface area contributed by atoms with Gasteiger partial charge in [0.05, 0.1) is 0 Å². The van der Waals surface area contributed by atoms with Crippen LogP contribution >= 0.6 is 11.6 Å². The van der Waals surface area contributed by atoms with Gasteiger partial charge in [-0.2, -0.15) is 0 Å². The maximum atomic E-state index is 6.14. The summed E-state index contributed by atoms with van der Waals surface area (Å²) in [5.41, 5.74) is 1.20. The molecular formula is C13H20ClNO. The van der Waals surface area contributed by atoms with Crippen LogP contribution in [-0.4, -0.2) is 31.7 Å². The zero-order chi connectivity index (χ0) is 11.8. The maximum absolute atomic E-state index is 6.14. The van der Waals surface area contributed by atoms with Crippen molar-refractivity contribution in [1.29, 1.82) is 0 Å². The van der Waals surface area contributed by atoms with Crippen molar-refractivity contribution in [3.05, 3.63) is 34.9 Å². The molecular weight excluding hydrogens is 222 g/mol. The van der Waals surface area contributed by atoms with Crippen LogP contribution in [0.1, 0.15) is 18.9 Å². The SMILES string of the molecule is CCN(CCCOC)Cc1ccccc1Cl. The van der Waals surface area contributed by atoms with Gasteiger partial charge in [0.1, 0.15) is 0 Å². The molecule has 1 aromatic carbocycles. The molecule has 0 unspecified atom stereocenters. The third-order valence-corrected chi connectivity index (χ3v) is 2.99. The predicted molar refractivity (Wildman–Crippen MR) is 68.9 cm³/mol. The van der Waals surface area contributed by atoms with Crippen LogP contribution < -0.4 is 0 Å². The smallest absolute Gasteiger partial charge is 0.0474 e. The highest BCUT2D eigenvalue weighted by Crippen LogP contribution is 2.16. The van der Waals surface area contributed by atoms with Crippen molar-refractivity contribution >= 4 is 11.6 Å². The van der Waals surface area contributed by atoms with Crippen LogP contribution in [0.4, 0.5) is 0 Å². The summed E-state index contributed by atoms with van der Waals surface area (Å²) in [6.45, 7) is 5.99. The van der Waals surface area contributed by atoms with Gasteiger partial charge in [-0.05, 0) is 24.6 Å². The highest BCUT2D eigenvalue weighted by Gasteiger charge is 2.05. The quantitative estimate of drug-likeness (QED) is 0.680. The second-order valence-corrected chi connectivity index (χ2v) is 4.21. The fourth-order valence-electron chi connectivity index (χ4n) is 1.65. The van der Waals surface area contributed by atoms with Crippen molar-refractivity contribution in [2.24, 2.45) is 0 Å². The molecule has 0 aliphatic rings. The van der Waals surface area contributed by atoms with E-state index in [4.69, 9.17) is 16.3 Å². The minimum Gasteiger partial charge on any atom is -0.385 e. The number of ether oxygens (including phenoxy) is 1. The first-order valence-corrected chi connectivity index (χ1v) is 6.10. The first kappa shape index (κ1) is 13.5. The summed E-state index contributed by atoms with van der Waals surface area (Å²) < 4.78 is 5.06. The van der Waals surface area contributed by atoms with Gasteiger partial charge in [0.25, 0.3) is 0 Å². The summed E-state index contributed by atoms with van der Waals surface area (Å²) in [5, 5.41) is 0.854. The van der Waals surface area contributed by atoms with Crippen LogP contribution in [0.25, 0.3) is 0 Å². The molecule has 16 heavy (non-hydrogen) atoms. The lowest BCUT2D eigenvalue weighted by Gasteiger charge is -2.20. The van der Waals surface area contributed by atoms with Crippen LogP contribution in [0.3, 0.4) is 0 Å². The van der Waals surface area contributed by atoms with Gasteiger partial charge in [0.15, 0.2) is 0 Å². The van der Waals surface area contributed by atoms with Crippen LogP contribution in [0, 0.1) is 0 Å². The van der Waals surface area contributed by atoms with Gasteiger partial charge in [-0.3, -0.25) is 4.90 Å². The van der Waals surface area contributed by atoms with Crippen molar-refractivity contribution < 1.29 is 4.74 Å². The normalized spacial score (nSPS) is 11.0. The lowest BCUT2D eigenvalue weighted by atomic mass is 10.2. The van der Waals surface area contributed by atoms with Crippen LogP contribution in [0.2, 0.25) is 5.02 Å². The zero-order valence-corrected chi connectivity index (χ0v) is 10.8. The van der Waals surface area contributed by atoms with Gasteiger partial charge in [-0.15, -0.1) is 0 Å². The topological polar surface area (TPSA) is 12.5 Å². The molecule has 0 fully saturated rings. The Bertz CT molecular complexity index is 304. The molecule has 0 bridgehead atoms. The van der Waals surface area contributed by atoms with Gasteiger partial charge in [0, 0.05) is 31.8 Å². The molecule has 2 nitrogen and oxygen atoms in total. The molecule has 1 aromatic rings. The average Bonchev–Trinajstić information content (AvgIpc) is 2.30. The number of benzene rings is 1. The van der Waals surface area contributed by atoms with Gasteiger partial charge in [-0.1, -0.05) is 36.7 Å². The average molecular weight is 242 g/mol. The maximum Gasteiger partial charge on any atom is 0.0474 e. The fourth-order valence-corrected chi connectivity index (χ4v) is 1.84. The van der Waals surface area contributed by atoms with E-state index in [0.717, 1.165) is 37.7 Å². The van der Waals surface area contributed by atoms with E-state index in [9.17, 15) is 0 Å². The standard InChI is InChI=1S/C13H20ClNO/c1-3-15(9-6-10-16-2)11-12-7-4-5-8-13(12)14/h4-5,7-8H,3,6,9-11H2,1-2H3. The molecule has 0 saturated carbocycles. The number of hydrogen-bond donors (Lipinski definition) is 0. The second-order valence-electron chi connectivity index (χ2n) is 3.81. The molecule has 0 spiro atoms. The molecule has 0 saturated heterocycles. The van der Waals surface area contributed by atoms with Crippen LogP contribution in [-0.2, 0) is 11.3 Å². The largest absolute Gasteiger partial charge is 0.385 e. The van der Waals surface area contributed by atoms with E-state index in [-0.39, 0.29) is 0 Å². The molecule has 0 heterocycles. The van der Waals surface area contributed by atoms with Crippen molar-refractivity contribution in [3.63, 3.8) is 0 Å². The van der Waals surface area contributed by atoms with Gasteiger partial charge >= 0.3 is 0 Å². The summed E-state index contributed by atoms with van der Waals surface area (Å²) in [6.07, 6.45) is 1.06. The molecule has 0 aromatic heterocycles. The summed E-state index contributed by atoms with van der Waals surface area (Å²) in [4.78, 5) is 2.38. The summed E-state index contributed by atoms with van der Waals surface area (Å²) in [5.74, 6) is 0. The van der Waals surface area contributed by atoms with Crippen molar-refractivity contribution in [2.45, 2.75) is 19.9 Å². The van der Waals surface area contributed by atoms with E-state index in [2.05, 4.69) is 17.9 Å². The number of hydrogen-bond acceptors (Lipinski definition) is 2. The molecule has 90 valence electrons. The number of methoxy groups -OCH3 is 1. The first-order chi connectivity index (χ1) is 7.77. The zero-order valence-electron chi connectivity index (χ0n) is 10.1. The summed E-state index contributed by atoms with van der Waals surface area (Å²) in [7, 11) is 1.74. The Labute approximate surface area is 103 Å². The second kappa shape index (κ2) is 7.66. The Hall–Kier alpha value is -0.570. The van der Waals surface area contributed by atoms with Gasteiger partial charge in [-0.25, -0.2) is 0 Å². The molecule has 0 amide bonds. The molecule has 1 rings (SSSR count). The minimum atomic E-state index is 0.818. The molecule has 3 heteroatoms. The van der Waals surface area contributed by atoms with E-state index in [1.807, 2.05) is 18.2 Å². The highest BCUT2D eigenvalue weighted by atomic mass is 35.5. The Kier molecular flexibility index (Phi) is 6.46. The monoisotopic (exact) mass is 241 g/mol. The Morgan fingerprint density at radius 2 is 2.06 bits per heavy atom. The van der Waals surface area contributed by atoms with Gasteiger partial charge in [0.2, 0.25) is 0 Å². The van der Waals surface area contributed by atoms with E-state index in [1.165, 1.54) is 5.56 Å². The van der Waals surface area contributed by atoms with Crippen LogP contribution in [0.5, 0.6) is 0 Å². The van der Waals surface area contributed by atoms with E-state index < -0.39 is 0 Å². The third kappa shape index (κ3) is 4.52. The number of halogens is 1. The van der Waals surface area contributed by atoms with Gasteiger partial charge < -0.3 is 4.74 Å². The molecule has 0 radical (unpaired) electrons. The van der Waals surface area contributed by atoms with E-state index in [1.54, 1.807) is 7.11 Å². The predicted octanol–water partition coefficient (Wildman–Crippen LogP) is 3.20. The van der Waals surface area contributed by atoms with E-state index >= 15 is 0 Å². The molecule has 0 aliphatic heterocycles. The minimum absolute atomic E-state index is 0.818. The van der Waals surface area contributed by atoms with Crippen molar-refractivity contribution in [2.75, 3.05) is 26.8 Å². The molecule has 0 atom stereocenters. The molecule has 0 N–H and O–H groups in total. The first-order valence-electron chi connectivity index (χ1n) is 5.72. The summed E-state index contributed by atoms with van der Waals surface area (Å²) >= 11 is 6.14. The summed E-state index contributed by atoms with van der Waals surface area (Å²) in [6, 6.07) is 8.03. The Morgan fingerprint density at radius 3 is 2.69 bits per heavy atom.